The van der Waals surface area contributed by atoms with Crippen molar-refractivity contribution < 1.29 is 53.9 Å². The first-order valence-corrected chi connectivity index (χ1v) is 11.3. The van der Waals surface area contributed by atoms with Crippen LogP contribution >= 0.6 is 0 Å². The van der Waals surface area contributed by atoms with Gasteiger partial charge in [0, 0.05) is 12.6 Å². The highest BCUT2D eigenvalue weighted by Crippen LogP contribution is 2.42. The molecule has 5 nitrogen and oxygen atoms in total. The molecular weight excluding hydrogens is 535 g/mol. The molecule has 0 aromatic heterocycles. The standard InChI is InChI=1S/C24H23F9N2O3/c1-12(2)37-21(36)38-35-13(3)6-19(18-10-15(22(25,26)27)4-5-20(18)35)34-11-14-7-16(23(28,29)30)9-17(8-14)24(31,32)33/h4-5,7-10,12-13,19,34H,6,11H2,1-3H3/t13-,19+/m1/s1. The molecule has 210 valence electrons. The van der Waals surface area contributed by atoms with Gasteiger partial charge in [-0.3, -0.25) is 0 Å². The van der Waals surface area contributed by atoms with Crippen LogP contribution in [0.3, 0.4) is 0 Å². The fraction of sp³-hybridized carbons (Fsp3) is 0.458. The number of hydroxylamine groups is 1. The van der Waals surface area contributed by atoms with Crippen molar-refractivity contribution >= 4 is 11.8 Å². The fourth-order valence-corrected chi connectivity index (χ4v) is 4.00. The van der Waals surface area contributed by atoms with E-state index in [-0.39, 0.29) is 29.3 Å². The summed E-state index contributed by atoms with van der Waals surface area (Å²) < 4.78 is 124. The Morgan fingerprint density at radius 2 is 1.47 bits per heavy atom. The van der Waals surface area contributed by atoms with Crippen LogP contribution in [0.25, 0.3) is 0 Å². The molecule has 14 heteroatoms. The molecule has 38 heavy (non-hydrogen) atoms. The van der Waals surface area contributed by atoms with Crippen molar-refractivity contribution in [2.75, 3.05) is 5.06 Å². The number of nitrogens with zero attached hydrogens (tertiary/aromatic N) is 1. The first-order chi connectivity index (χ1) is 17.4. The van der Waals surface area contributed by atoms with Crippen molar-refractivity contribution in [3.63, 3.8) is 0 Å². The summed E-state index contributed by atoms with van der Waals surface area (Å²) >= 11 is 0. The smallest absolute Gasteiger partial charge is 0.430 e. The lowest BCUT2D eigenvalue weighted by atomic mass is 9.91. The molecule has 2 aromatic carbocycles. The van der Waals surface area contributed by atoms with Gasteiger partial charge in [-0.05, 0) is 74.7 Å². The summed E-state index contributed by atoms with van der Waals surface area (Å²) in [6, 6.07) is 2.10. The lowest BCUT2D eigenvalue weighted by Crippen LogP contribution is -2.43. The molecule has 3 rings (SSSR count). The Labute approximate surface area is 211 Å². The highest BCUT2D eigenvalue weighted by Gasteiger charge is 2.39. The second-order valence-electron chi connectivity index (χ2n) is 9.04. The molecule has 0 aliphatic carbocycles. The molecule has 0 bridgehead atoms. The minimum Gasteiger partial charge on any atom is -0.430 e. The Kier molecular flexibility index (Phi) is 8.15. The zero-order valence-corrected chi connectivity index (χ0v) is 20.2. The van der Waals surface area contributed by atoms with Gasteiger partial charge < -0.3 is 14.9 Å². The number of rotatable bonds is 5. The van der Waals surface area contributed by atoms with E-state index >= 15 is 0 Å². The van der Waals surface area contributed by atoms with Crippen LogP contribution in [-0.4, -0.2) is 18.3 Å². The number of fused-ring (bicyclic) bond motifs is 1. The van der Waals surface area contributed by atoms with Gasteiger partial charge in [0.1, 0.15) is 0 Å². The van der Waals surface area contributed by atoms with Crippen LogP contribution < -0.4 is 10.4 Å². The van der Waals surface area contributed by atoms with Crippen molar-refractivity contribution in [3.05, 3.63) is 64.2 Å². The quantitative estimate of drug-likeness (QED) is 0.302. The number of nitrogens with one attached hydrogen (secondary N) is 1. The number of alkyl halides is 9. The van der Waals surface area contributed by atoms with Gasteiger partial charge in [0.2, 0.25) is 0 Å². The SMILES string of the molecule is CC(C)OC(=O)ON1c2ccc(C(F)(F)F)cc2[C@@H](NCc2cc(C(F)(F)F)cc(C(F)(F)F)c2)C[C@H]1C. The third kappa shape index (κ3) is 7.03. The van der Waals surface area contributed by atoms with E-state index in [9.17, 15) is 44.3 Å². The molecule has 1 N–H and O–H groups in total. The lowest BCUT2D eigenvalue weighted by molar-refractivity contribution is -0.143. The number of carbonyl (C=O) groups excluding carboxylic acids is 1. The molecular formula is C24H23F9N2O3. The van der Waals surface area contributed by atoms with Gasteiger partial charge in [0.05, 0.1) is 34.5 Å². The van der Waals surface area contributed by atoms with Crippen LogP contribution in [-0.2, 0) is 34.6 Å². The summed E-state index contributed by atoms with van der Waals surface area (Å²) in [5.41, 5.74) is -4.39. The Hall–Kier alpha value is -3.16. The molecule has 0 amide bonds. The van der Waals surface area contributed by atoms with Gasteiger partial charge in [-0.1, -0.05) is 0 Å². The van der Waals surface area contributed by atoms with Crippen LogP contribution in [0.5, 0.6) is 0 Å². The largest absolute Gasteiger partial charge is 0.533 e. The van der Waals surface area contributed by atoms with E-state index in [1.165, 1.54) is 0 Å². The van der Waals surface area contributed by atoms with E-state index < -0.39 is 66.1 Å². The molecule has 0 unspecified atom stereocenters. The normalized spacial score (nSPS) is 18.4. The van der Waals surface area contributed by atoms with Crippen LogP contribution in [0.4, 0.5) is 50.0 Å². The van der Waals surface area contributed by atoms with E-state index in [4.69, 9.17) is 9.57 Å². The Morgan fingerprint density at radius 3 is 1.97 bits per heavy atom. The summed E-state index contributed by atoms with van der Waals surface area (Å²) in [5.74, 6) is 0. The van der Waals surface area contributed by atoms with Crippen molar-refractivity contribution in [3.8, 4) is 0 Å². The Balaban J connectivity index is 1.97. The van der Waals surface area contributed by atoms with E-state index in [2.05, 4.69) is 5.32 Å². The Bertz CT molecular complexity index is 1130. The summed E-state index contributed by atoms with van der Waals surface area (Å²) in [4.78, 5) is 17.3. The summed E-state index contributed by atoms with van der Waals surface area (Å²) in [6.07, 6.45) is -16.5. The molecule has 0 radical (unpaired) electrons. The molecule has 2 atom stereocenters. The number of halogens is 9. The average molecular weight is 558 g/mol. The maximum atomic E-state index is 13.4. The maximum Gasteiger partial charge on any atom is 0.533 e. The minimum atomic E-state index is -5.05. The van der Waals surface area contributed by atoms with Crippen LogP contribution in [0.15, 0.2) is 36.4 Å². The third-order valence-corrected chi connectivity index (χ3v) is 5.65. The zero-order valence-electron chi connectivity index (χ0n) is 20.2. The van der Waals surface area contributed by atoms with Crippen molar-refractivity contribution in [1.82, 2.24) is 5.32 Å². The molecule has 1 aliphatic heterocycles. The van der Waals surface area contributed by atoms with Gasteiger partial charge in [-0.2, -0.15) is 39.5 Å². The van der Waals surface area contributed by atoms with Crippen LogP contribution in [0, 0.1) is 0 Å². The molecule has 2 aromatic rings. The minimum absolute atomic E-state index is 0.00560. The van der Waals surface area contributed by atoms with E-state index in [1.807, 2.05) is 0 Å². The molecule has 0 spiro atoms. The molecule has 1 aliphatic rings. The summed E-state index contributed by atoms with van der Waals surface area (Å²) in [5, 5.41) is 3.83. The third-order valence-electron chi connectivity index (χ3n) is 5.65. The Morgan fingerprint density at radius 1 is 0.921 bits per heavy atom. The summed E-state index contributed by atoms with van der Waals surface area (Å²) in [6.45, 7) is 4.17. The van der Waals surface area contributed by atoms with E-state index in [0.29, 0.717) is 12.1 Å². The molecule has 1 heterocycles. The molecule has 0 fully saturated rings. The number of hydrogen-bond acceptors (Lipinski definition) is 5. The number of benzene rings is 2. The van der Waals surface area contributed by atoms with Crippen molar-refractivity contribution in [2.24, 2.45) is 0 Å². The van der Waals surface area contributed by atoms with Crippen LogP contribution in [0.2, 0.25) is 0 Å². The fourth-order valence-electron chi connectivity index (χ4n) is 4.00. The second-order valence-corrected chi connectivity index (χ2v) is 9.04. The molecule has 0 saturated carbocycles. The zero-order chi connectivity index (χ0) is 28.6. The number of ether oxygens (including phenoxy) is 1. The predicted molar refractivity (Wildman–Crippen MR) is 117 cm³/mol. The van der Waals surface area contributed by atoms with Gasteiger partial charge in [-0.15, -0.1) is 0 Å². The number of anilines is 1. The second kappa shape index (κ2) is 10.5. The first-order valence-electron chi connectivity index (χ1n) is 11.3. The van der Waals surface area contributed by atoms with Crippen molar-refractivity contribution in [1.29, 1.82) is 0 Å². The van der Waals surface area contributed by atoms with E-state index in [1.54, 1.807) is 20.8 Å². The maximum absolute atomic E-state index is 13.4. The number of hydrogen-bond donors (Lipinski definition) is 1. The molecule has 0 saturated heterocycles. The van der Waals surface area contributed by atoms with E-state index in [0.717, 1.165) is 23.3 Å². The van der Waals surface area contributed by atoms with Crippen molar-refractivity contribution in [2.45, 2.75) is 70.5 Å². The van der Waals surface area contributed by atoms with Gasteiger partial charge in [0.25, 0.3) is 0 Å². The highest BCUT2D eigenvalue weighted by molar-refractivity contribution is 5.65. The van der Waals surface area contributed by atoms with Gasteiger partial charge >= 0.3 is 24.7 Å². The first kappa shape index (κ1) is 29.4. The topological polar surface area (TPSA) is 50.8 Å². The monoisotopic (exact) mass is 558 g/mol. The lowest BCUT2D eigenvalue weighted by Gasteiger charge is -2.39. The van der Waals surface area contributed by atoms with Crippen LogP contribution in [0.1, 0.15) is 61.1 Å². The predicted octanol–water partition coefficient (Wildman–Crippen LogP) is 7.65. The van der Waals surface area contributed by atoms with Gasteiger partial charge in [-0.25, -0.2) is 9.86 Å². The number of carbonyl (C=O) groups is 1. The van der Waals surface area contributed by atoms with Gasteiger partial charge in [0.15, 0.2) is 0 Å². The summed E-state index contributed by atoms with van der Waals surface area (Å²) in [7, 11) is 0. The average Bonchev–Trinajstić information content (AvgIpc) is 2.77. The highest BCUT2D eigenvalue weighted by atomic mass is 19.4.